The van der Waals surface area contributed by atoms with E-state index in [0.717, 1.165) is 48.1 Å². The van der Waals surface area contributed by atoms with E-state index >= 15 is 0 Å². The maximum Gasteiger partial charge on any atom is 0.303 e. The third kappa shape index (κ3) is 9.97. The van der Waals surface area contributed by atoms with Crippen molar-refractivity contribution < 1.29 is 29.3 Å². The summed E-state index contributed by atoms with van der Waals surface area (Å²) in [5.41, 5.74) is 5.08. The minimum Gasteiger partial charge on any atom is -0.481 e. The van der Waals surface area contributed by atoms with Crippen molar-refractivity contribution in [3.8, 4) is 0 Å². The molecular formula is C40H48N2O6. The number of aliphatic hydroxyl groups is 1. The molecule has 8 heteroatoms. The third-order valence-corrected chi connectivity index (χ3v) is 9.31. The summed E-state index contributed by atoms with van der Waals surface area (Å²) in [6.45, 7) is 3.39. The van der Waals surface area contributed by atoms with E-state index in [-0.39, 0.29) is 37.2 Å². The van der Waals surface area contributed by atoms with Gasteiger partial charge >= 0.3 is 5.97 Å². The number of nitrogens with one attached hydrogen (secondary N) is 1. The van der Waals surface area contributed by atoms with Gasteiger partial charge in [-0.05, 0) is 65.9 Å². The SMILES string of the molecule is C[C@H](c1ccc2ccccc2c1)N(C)C[C@@H]1C[C@H](c2ccc(CO)cc2)O[C@H](c2ccc(CNC(=O)CCCCCCC(=O)O)cc2)O1. The topological polar surface area (TPSA) is 108 Å². The number of benzene rings is 4. The van der Waals surface area contributed by atoms with Gasteiger partial charge in [0.25, 0.3) is 0 Å². The van der Waals surface area contributed by atoms with Crippen LogP contribution in [-0.2, 0) is 32.2 Å². The van der Waals surface area contributed by atoms with E-state index in [2.05, 4.69) is 66.7 Å². The number of carboxylic acids is 1. The summed E-state index contributed by atoms with van der Waals surface area (Å²) in [6.07, 6.45) is 3.58. The van der Waals surface area contributed by atoms with Gasteiger partial charge in [0.1, 0.15) is 0 Å². The zero-order chi connectivity index (χ0) is 33.9. The Morgan fingerprint density at radius 2 is 1.50 bits per heavy atom. The van der Waals surface area contributed by atoms with Gasteiger partial charge in [-0.2, -0.15) is 0 Å². The first-order valence-corrected chi connectivity index (χ1v) is 17.1. The molecule has 254 valence electrons. The molecule has 0 radical (unpaired) electrons. The van der Waals surface area contributed by atoms with Crippen molar-refractivity contribution in [3.63, 3.8) is 0 Å². The van der Waals surface area contributed by atoms with Crippen molar-refractivity contribution in [2.45, 2.75) is 89.6 Å². The summed E-state index contributed by atoms with van der Waals surface area (Å²) < 4.78 is 13.2. The van der Waals surface area contributed by atoms with Gasteiger partial charge in [-0.15, -0.1) is 0 Å². The van der Waals surface area contributed by atoms with E-state index in [1.807, 2.05) is 48.5 Å². The highest BCUT2D eigenvalue weighted by molar-refractivity contribution is 5.83. The van der Waals surface area contributed by atoms with Crippen LogP contribution in [0.4, 0.5) is 0 Å². The van der Waals surface area contributed by atoms with E-state index in [9.17, 15) is 14.7 Å². The summed E-state index contributed by atoms with van der Waals surface area (Å²) in [7, 11) is 2.14. The minimum absolute atomic E-state index is 0.000971. The number of hydrogen-bond donors (Lipinski definition) is 3. The van der Waals surface area contributed by atoms with Crippen molar-refractivity contribution >= 4 is 22.6 Å². The van der Waals surface area contributed by atoms with Gasteiger partial charge in [-0.1, -0.05) is 97.8 Å². The van der Waals surface area contributed by atoms with E-state index in [1.54, 1.807) is 0 Å². The average Bonchev–Trinajstić information content (AvgIpc) is 3.11. The second-order valence-corrected chi connectivity index (χ2v) is 12.9. The smallest absolute Gasteiger partial charge is 0.303 e. The van der Waals surface area contributed by atoms with Crippen molar-refractivity contribution in [2.24, 2.45) is 0 Å². The van der Waals surface area contributed by atoms with Crippen LogP contribution < -0.4 is 5.32 Å². The molecule has 1 saturated heterocycles. The van der Waals surface area contributed by atoms with E-state index < -0.39 is 12.3 Å². The molecule has 8 nitrogen and oxygen atoms in total. The molecule has 1 aliphatic rings. The number of unbranched alkanes of at least 4 members (excludes halogenated alkanes) is 3. The molecule has 3 N–H and O–H groups in total. The molecule has 4 aromatic rings. The Morgan fingerprint density at radius 3 is 2.21 bits per heavy atom. The number of carboxylic acid groups (broad SMARTS) is 1. The molecule has 1 aliphatic heterocycles. The molecule has 0 spiro atoms. The fourth-order valence-corrected chi connectivity index (χ4v) is 6.23. The number of carbonyl (C=O) groups is 2. The molecule has 0 saturated carbocycles. The predicted molar refractivity (Wildman–Crippen MR) is 187 cm³/mol. The molecule has 1 heterocycles. The van der Waals surface area contributed by atoms with Crippen molar-refractivity contribution in [3.05, 3.63) is 119 Å². The number of ether oxygens (including phenoxy) is 2. The lowest BCUT2D eigenvalue weighted by molar-refractivity contribution is -0.253. The quantitative estimate of drug-likeness (QED) is 0.107. The monoisotopic (exact) mass is 652 g/mol. The van der Waals surface area contributed by atoms with Crippen LogP contribution in [0.2, 0.25) is 0 Å². The number of likely N-dealkylation sites (N-methyl/N-ethyl adjacent to an activating group) is 1. The fraction of sp³-hybridized carbons (Fsp3) is 0.400. The van der Waals surface area contributed by atoms with Crippen LogP contribution in [0.1, 0.15) is 98.1 Å². The van der Waals surface area contributed by atoms with Crippen LogP contribution in [0, 0.1) is 0 Å². The summed E-state index contributed by atoms with van der Waals surface area (Å²) >= 11 is 0. The lowest BCUT2D eigenvalue weighted by Gasteiger charge is -2.39. The van der Waals surface area contributed by atoms with Crippen LogP contribution in [-0.4, -0.2) is 46.7 Å². The Bertz CT molecular complexity index is 1620. The maximum atomic E-state index is 12.3. The molecule has 0 unspecified atom stereocenters. The molecule has 1 amide bonds. The number of hydrogen-bond acceptors (Lipinski definition) is 6. The number of fused-ring (bicyclic) bond motifs is 1. The van der Waals surface area contributed by atoms with Crippen LogP contribution in [0.3, 0.4) is 0 Å². The summed E-state index contributed by atoms with van der Waals surface area (Å²) in [5.74, 6) is -0.778. The number of aliphatic carboxylic acids is 1. The van der Waals surface area contributed by atoms with Crippen molar-refractivity contribution in [1.29, 1.82) is 0 Å². The van der Waals surface area contributed by atoms with Gasteiger partial charge < -0.3 is 25.0 Å². The van der Waals surface area contributed by atoms with E-state index in [4.69, 9.17) is 14.6 Å². The maximum absolute atomic E-state index is 12.3. The van der Waals surface area contributed by atoms with Crippen LogP contribution in [0.5, 0.6) is 0 Å². The zero-order valence-electron chi connectivity index (χ0n) is 28.0. The Balaban J connectivity index is 1.21. The van der Waals surface area contributed by atoms with Gasteiger partial charge in [-0.3, -0.25) is 14.5 Å². The van der Waals surface area contributed by atoms with Crippen molar-refractivity contribution in [2.75, 3.05) is 13.6 Å². The first-order chi connectivity index (χ1) is 23.3. The Morgan fingerprint density at radius 1 is 0.833 bits per heavy atom. The standard InChI is InChI=1S/C40H48N2O6/c1-28(34-22-21-31-9-7-8-10-35(31)23-34)42(2)26-36-24-37(32-17-15-30(27-43)16-18-32)48-40(47-36)33-19-13-29(14-20-33)25-41-38(44)11-5-3-4-6-12-39(45)46/h7-10,13-23,28,36-37,40,43H,3-6,11-12,24-27H2,1-2H3,(H,41,44)(H,45,46)/t28-,36+,37-,40-/m1/s1. The Labute approximate surface area is 283 Å². The van der Waals surface area contributed by atoms with E-state index in [0.29, 0.717) is 25.8 Å². The Hall–Kier alpha value is -4.08. The summed E-state index contributed by atoms with van der Waals surface area (Å²) in [4.78, 5) is 25.3. The summed E-state index contributed by atoms with van der Waals surface area (Å²) in [6, 6.07) is 31.2. The van der Waals surface area contributed by atoms with Crippen LogP contribution >= 0.6 is 0 Å². The molecule has 0 aliphatic carbocycles. The fourth-order valence-electron chi connectivity index (χ4n) is 6.23. The largest absolute Gasteiger partial charge is 0.481 e. The number of carbonyl (C=O) groups excluding carboxylic acids is 1. The van der Waals surface area contributed by atoms with Crippen LogP contribution in [0.25, 0.3) is 10.8 Å². The molecule has 0 bridgehead atoms. The number of aliphatic hydroxyl groups excluding tert-OH is 1. The van der Waals surface area contributed by atoms with Gasteiger partial charge in [0, 0.05) is 44.0 Å². The normalized spacial score (nSPS) is 18.5. The molecule has 48 heavy (non-hydrogen) atoms. The second-order valence-electron chi connectivity index (χ2n) is 12.9. The minimum atomic E-state index is -0.774. The molecule has 0 aromatic heterocycles. The number of rotatable bonds is 16. The van der Waals surface area contributed by atoms with Gasteiger partial charge in [0.15, 0.2) is 6.29 Å². The lowest BCUT2D eigenvalue weighted by atomic mass is 9.98. The zero-order valence-corrected chi connectivity index (χ0v) is 28.0. The molecule has 4 atom stereocenters. The predicted octanol–water partition coefficient (Wildman–Crippen LogP) is 7.61. The van der Waals surface area contributed by atoms with Gasteiger partial charge in [-0.25, -0.2) is 0 Å². The number of amides is 1. The summed E-state index contributed by atoms with van der Waals surface area (Å²) in [5, 5.41) is 23.7. The molecule has 5 rings (SSSR count). The highest BCUT2D eigenvalue weighted by atomic mass is 16.7. The molecule has 1 fully saturated rings. The van der Waals surface area contributed by atoms with Gasteiger partial charge in [0.2, 0.25) is 5.91 Å². The number of nitrogens with zero attached hydrogens (tertiary/aromatic N) is 1. The first kappa shape index (κ1) is 35.2. The van der Waals surface area contributed by atoms with Crippen molar-refractivity contribution in [1.82, 2.24) is 10.2 Å². The Kier molecular flexibility index (Phi) is 12.7. The average molecular weight is 653 g/mol. The van der Waals surface area contributed by atoms with Gasteiger partial charge in [0.05, 0.1) is 18.8 Å². The highest BCUT2D eigenvalue weighted by Gasteiger charge is 2.33. The molecular weight excluding hydrogens is 604 g/mol. The van der Waals surface area contributed by atoms with Crippen LogP contribution in [0.15, 0.2) is 91.0 Å². The highest BCUT2D eigenvalue weighted by Crippen LogP contribution is 2.39. The first-order valence-electron chi connectivity index (χ1n) is 17.1. The lowest BCUT2D eigenvalue weighted by Crippen LogP contribution is -2.38. The second kappa shape index (κ2) is 17.4. The third-order valence-electron chi connectivity index (χ3n) is 9.31. The molecule has 4 aromatic carbocycles. The van der Waals surface area contributed by atoms with E-state index in [1.165, 1.54) is 16.3 Å².